The second-order valence-electron chi connectivity index (χ2n) is 3.97. The third kappa shape index (κ3) is 3.04. The van der Waals surface area contributed by atoms with Crippen molar-refractivity contribution in [3.63, 3.8) is 0 Å². The van der Waals surface area contributed by atoms with E-state index in [0.29, 0.717) is 5.69 Å². The second kappa shape index (κ2) is 5.44. The molecule has 0 aliphatic heterocycles. The van der Waals surface area contributed by atoms with Crippen LogP contribution in [0.4, 0.5) is 14.5 Å². The van der Waals surface area contributed by atoms with Gasteiger partial charge in [0.1, 0.15) is 0 Å². The van der Waals surface area contributed by atoms with E-state index in [-0.39, 0.29) is 5.56 Å². The quantitative estimate of drug-likeness (QED) is 0.521. The maximum atomic E-state index is 13.4. The molecule has 2 aromatic rings. The number of ketones is 1. The van der Waals surface area contributed by atoms with Gasteiger partial charge in [-0.15, -0.1) is 0 Å². The van der Waals surface area contributed by atoms with Crippen LogP contribution in [0.15, 0.2) is 48.5 Å². The summed E-state index contributed by atoms with van der Waals surface area (Å²) in [5.41, 5.74) is 6.60. The number of rotatable bonds is 3. The highest BCUT2D eigenvalue weighted by Crippen LogP contribution is 2.13. The Morgan fingerprint density at radius 1 is 1.05 bits per heavy atom. The fraction of sp³-hybridized carbons (Fsp3) is 0. The van der Waals surface area contributed by atoms with Crippen molar-refractivity contribution in [3.05, 3.63) is 71.3 Å². The van der Waals surface area contributed by atoms with Crippen LogP contribution in [0, 0.1) is 11.6 Å². The topological polar surface area (TPSA) is 43.1 Å². The monoisotopic (exact) mass is 259 g/mol. The van der Waals surface area contributed by atoms with Gasteiger partial charge in [-0.2, -0.15) is 0 Å². The standard InChI is InChI=1S/C15H11F2NO/c16-13-3-1-2-12(15(13)17)14(19)9-6-10-4-7-11(18)8-5-10/h1-9H,18H2/b9-6+. The van der Waals surface area contributed by atoms with Crippen LogP contribution in [-0.2, 0) is 0 Å². The molecule has 2 rings (SSSR count). The Bertz CT molecular complexity index is 633. The zero-order valence-electron chi connectivity index (χ0n) is 9.94. The Morgan fingerprint density at radius 3 is 2.42 bits per heavy atom. The van der Waals surface area contributed by atoms with E-state index in [4.69, 9.17) is 5.73 Å². The SMILES string of the molecule is Nc1ccc(/C=C/C(=O)c2cccc(F)c2F)cc1. The smallest absolute Gasteiger partial charge is 0.188 e. The molecule has 0 fully saturated rings. The number of carbonyl (C=O) groups is 1. The second-order valence-corrected chi connectivity index (χ2v) is 3.97. The molecule has 0 aromatic heterocycles. The first-order valence-corrected chi connectivity index (χ1v) is 5.60. The molecule has 0 atom stereocenters. The first-order chi connectivity index (χ1) is 9.08. The number of hydrogen-bond acceptors (Lipinski definition) is 2. The van der Waals surface area contributed by atoms with E-state index in [0.717, 1.165) is 11.6 Å². The molecule has 0 heterocycles. The first-order valence-electron chi connectivity index (χ1n) is 5.60. The molecule has 2 nitrogen and oxygen atoms in total. The van der Waals surface area contributed by atoms with Gasteiger partial charge in [0.15, 0.2) is 17.4 Å². The fourth-order valence-electron chi connectivity index (χ4n) is 1.56. The summed E-state index contributed by atoms with van der Waals surface area (Å²) in [6, 6.07) is 10.3. The summed E-state index contributed by atoms with van der Waals surface area (Å²) in [5.74, 6) is -2.75. The third-order valence-corrected chi connectivity index (χ3v) is 2.58. The number of halogens is 2. The highest BCUT2D eigenvalue weighted by molar-refractivity contribution is 6.07. The molecular weight excluding hydrogens is 248 g/mol. The van der Waals surface area contributed by atoms with E-state index in [1.54, 1.807) is 24.3 Å². The molecule has 4 heteroatoms. The Morgan fingerprint density at radius 2 is 1.74 bits per heavy atom. The molecule has 0 aliphatic carbocycles. The normalized spacial score (nSPS) is 10.8. The predicted octanol–water partition coefficient (Wildman–Crippen LogP) is 3.44. The van der Waals surface area contributed by atoms with E-state index >= 15 is 0 Å². The van der Waals surface area contributed by atoms with Gasteiger partial charge in [0, 0.05) is 5.69 Å². The fourth-order valence-corrected chi connectivity index (χ4v) is 1.56. The Labute approximate surface area is 109 Å². The highest BCUT2D eigenvalue weighted by Gasteiger charge is 2.12. The van der Waals surface area contributed by atoms with Gasteiger partial charge < -0.3 is 5.73 Å². The Balaban J connectivity index is 2.21. The van der Waals surface area contributed by atoms with Gasteiger partial charge in [-0.05, 0) is 35.9 Å². The predicted molar refractivity (Wildman–Crippen MR) is 70.6 cm³/mol. The molecule has 0 aliphatic rings. The number of nitrogen functional groups attached to an aromatic ring is 1. The van der Waals surface area contributed by atoms with Crippen LogP contribution in [0.3, 0.4) is 0 Å². The lowest BCUT2D eigenvalue weighted by molar-refractivity contribution is 0.104. The molecule has 2 N–H and O–H groups in total. The highest BCUT2D eigenvalue weighted by atomic mass is 19.2. The van der Waals surface area contributed by atoms with Gasteiger partial charge in [0.2, 0.25) is 0 Å². The van der Waals surface area contributed by atoms with E-state index in [1.165, 1.54) is 24.3 Å². The first kappa shape index (κ1) is 13.0. The van der Waals surface area contributed by atoms with Crippen LogP contribution in [0.2, 0.25) is 0 Å². The van der Waals surface area contributed by atoms with Crippen LogP contribution in [0.25, 0.3) is 6.08 Å². The zero-order chi connectivity index (χ0) is 13.8. The lowest BCUT2D eigenvalue weighted by Crippen LogP contribution is -2.00. The molecule has 0 unspecified atom stereocenters. The molecule has 0 spiro atoms. The van der Waals surface area contributed by atoms with Crippen LogP contribution >= 0.6 is 0 Å². The maximum absolute atomic E-state index is 13.4. The van der Waals surface area contributed by atoms with Crippen molar-refractivity contribution in [2.24, 2.45) is 0 Å². The summed E-state index contributed by atoms with van der Waals surface area (Å²) in [5, 5.41) is 0. The number of nitrogens with two attached hydrogens (primary N) is 1. The van der Waals surface area contributed by atoms with Crippen molar-refractivity contribution in [1.29, 1.82) is 0 Å². The summed E-state index contributed by atoms with van der Waals surface area (Å²) in [6.07, 6.45) is 2.72. The van der Waals surface area contributed by atoms with Crippen molar-refractivity contribution in [2.45, 2.75) is 0 Å². The van der Waals surface area contributed by atoms with Gasteiger partial charge in [-0.3, -0.25) is 4.79 Å². The van der Waals surface area contributed by atoms with Crippen LogP contribution in [-0.4, -0.2) is 5.78 Å². The number of anilines is 1. The largest absolute Gasteiger partial charge is 0.399 e. The Hall–Kier alpha value is -2.49. The van der Waals surface area contributed by atoms with Gasteiger partial charge >= 0.3 is 0 Å². The summed E-state index contributed by atoms with van der Waals surface area (Å²) < 4.78 is 26.4. The lowest BCUT2D eigenvalue weighted by atomic mass is 10.1. The van der Waals surface area contributed by atoms with E-state index in [9.17, 15) is 13.6 Å². The summed E-state index contributed by atoms with van der Waals surface area (Å²) in [4.78, 5) is 11.7. The average molecular weight is 259 g/mol. The Kier molecular flexibility index (Phi) is 3.71. The molecule has 96 valence electrons. The van der Waals surface area contributed by atoms with Gasteiger partial charge in [-0.25, -0.2) is 8.78 Å². The summed E-state index contributed by atoms with van der Waals surface area (Å²) in [6.45, 7) is 0. The van der Waals surface area contributed by atoms with Crippen molar-refractivity contribution in [3.8, 4) is 0 Å². The van der Waals surface area contributed by atoms with Crippen molar-refractivity contribution in [1.82, 2.24) is 0 Å². The van der Waals surface area contributed by atoms with Gasteiger partial charge in [-0.1, -0.05) is 24.3 Å². The number of benzene rings is 2. The number of carbonyl (C=O) groups excluding carboxylic acids is 1. The minimum absolute atomic E-state index is 0.285. The summed E-state index contributed by atoms with van der Waals surface area (Å²) in [7, 11) is 0. The molecule has 19 heavy (non-hydrogen) atoms. The van der Waals surface area contributed by atoms with E-state index in [2.05, 4.69) is 0 Å². The van der Waals surface area contributed by atoms with Gasteiger partial charge in [0.05, 0.1) is 5.56 Å². The third-order valence-electron chi connectivity index (χ3n) is 2.58. The zero-order valence-corrected chi connectivity index (χ0v) is 9.94. The molecule has 2 aromatic carbocycles. The molecule has 0 saturated carbocycles. The van der Waals surface area contributed by atoms with E-state index in [1.807, 2.05) is 0 Å². The van der Waals surface area contributed by atoms with Crippen LogP contribution in [0.1, 0.15) is 15.9 Å². The minimum Gasteiger partial charge on any atom is -0.399 e. The average Bonchev–Trinajstić information content (AvgIpc) is 2.41. The van der Waals surface area contributed by atoms with Crippen LogP contribution < -0.4 is 5.73 Å². The molecule has 0 bridgehead atoms. The van der Waals surface area contributed by atoms with E-state index < -0.39 is 17.4 Å². The molecular formula is C15H11F2NO. The molecule has 0 saturated heterocycles. The lowest BCUT2D eigenvalue weighted by Gasteiger charge is -1.99. The van der Waals surface area contributed by atoms with Crippen molar-refractivity contribution >= 4 is 17.5 Å². The summed E-state index contributed by atoms with van der Waals surface area (Å²) >= 11 is 0. The maximum Gasteiger partial charge on any atom is 0.188 e. The van der Waals surface area contributed by atoms with Crippen molar-refractivity contribution in [2.75, 3.05) is 5.73 Å². The van der Waals surface area contributed by atoms with Crippen LogP contribution in [0.5, 0.6) is 0 Å². The molecule has 0 amide bonds. The number of hydrogen-bond donors (Lipinski definition) is 1. The van der Waals surface area contributed by atoms with Gasteiger partial charge in [0.25, 0.3) is 0 Å². The minimum atomic E-state index is -1.13. The molecule has 0 radical (unpaired) electrons. The number of allylic oxidation sites excluding steroid dienone is 1. The van der Waals surface area contributed by atoms with Crippen molar-refractivity contribution < 1.29 is 13.6 Å².